The lowest BCUT2D eigenvalue weighted by Gasteiger charge is -2.43. The van der Waals surface area contributed by atoms with Crippen molar-refractivity contribution in [2.45, 2.75) is 44.6 Å². The Balaban J connectivity index is 1.79. The molecule has 0 unspecified atom stereocenters. The van der Waals surface area contributed by atoms with Crippen LogP contribution in [0.3, 0.4) is 0 Å². The second kappa shape index (κ2) is 7.95. The van der Waals surface area contributed by atoms with Crippen molar-refractivity contribution in [1.29, 1.82) is 0 Å². The molecular weight excluding hydrogens is 386 g/mol. The van der Waals surface area contributed by atoms with Crippen LogP contribution < -0.4 is 0 Å². The average Bonchev–Trinajstić information content (AvgIpc) is 3.26. The summed E-state index contributed by atoms with van der Waals surface area (Å²) in [6.07, 6.45) is 4.83. The number of carbonyl (C=O) groups is 1. The summed E-state index contributed by atoms with van der Waals surface area (Å²) in [6, 6.07) is 15.1. The summed E-state index contributed by atoms with van der Waals surface area (Å²) in [5.74, 6) is 0.660. The quantitative estimate of drug-likeness (QED) is 0.633. The Kier molecular flexibility index (Phi) is 5.37. The minimum Gasteiger partial charge on any atom is -0.329 e. The molecule has 0 atom stereocenters. The van der Waals surface area contributed by atoms with E-state index in [2.05, 4.69) is 15.5 Å². The van der Waals surface area contributed by atoms with E-state index in [1.54, 1.807) is 4.68 Å². The van der Waals surface area contributed by atoms with Crippen molar-refractivity contribution in [2.75, 3.05) is 7.05 Å². The highest BCUT2D eigenvalue weighted by Gasteiger charge is 2.45. The second-order valence-electron chi connectivity index (χ2n) is 7.67. The third-order valence-corrected chi connectivity index (χ3v) is 6.34. The first kappa shape index (κ1) is 19.6. The minimum atomic E-state index is -0.563. The summed E-state index contributed by atoms with van der Waals surface area (Å²) >= 11 is 6.35. The van der Waals surface area contributed by atoms with Gasteiger partial charge in [0.15, 0.2) is 5.82 Å². The first-order valence-electron chi connectivity index (χ1n) is 9.91. The number of rotatable bonds is 4. The molecule has 1 aromatic heterocycles. The van der Waals surface area contributed by atoms with E-state index in [-0.39, 0.29) is 5.91 Å². The Morgan fingerprint density at radius 1 is 1.10 bits per heavy atom. The molecule has 1 amide bonds. The molecule has 1 fully saturated rings. The molecule has 150 valence electrons. The monoisotopic (exact) mass is 409 g/mol. The number of aryl methyl sites for hydroxylation is 1. The summed E-state index contributed by atoms with van der Waals surface area (Å²) < 4.78 is 1.73. The van der Waals surface area contributed by atoms with Gasteiger partial charge >= 0.3 is 0 Å². The molecule has 3 aromatic rings. The number of nitrogens with zero attached hydrogens (tertiary/aromatic N) is 5. The first-order chi connectivity index (χ1) is 14.0. The highest BCUT2D eigenvalue weighted by atomic mass is 35.5. The van der Waals surface area contributed by atoms with Crippen LogP contribution in [-0.4, -0.2) is 38.1 Å². The van der Waals surface area contributed by atoms with Crippen molar-refractivity contribution in [2.24, 2.45) is 0 Å². The summed E-state index contributed by atoms with van der Waals surface area (Å²) in [5.41, 5.74) is 1.89. The molecule has 1 aliphatic rings. The summed E-state index contributed by atoms with van der Waals surface area (Å²) in [5, 5.41) is 13.3. The van der Waals surface area contributed by atoms with E-state index in [0.29, 0.717) is 16.4 Å². The van der Waals surface area contributed by atoms with E-state index in [9.17, 15) is 4.79 Å². The maximum absolute atomic E-state index is 13.3. The van der Waals surface area contributed by atoms with Crippen LogP contribution in [0.25, 0.3) is 5.69 Å². The smallest absolute Gasteiger partial charge is 0.254 e. The van der Waals surface area contributed by atoms with Gasteiger partial charge in [0.2, 0.25) is 0 Å². The zero-order valence-electron chi connectivity index (χ0n) is 16.7. The highest BCUT2D eigenvalue weighted by molar-refractivity contribution is 6.31. The molecule has 0 bridgehead atoms. The van der Waals surface area contributed by atoms with Crippen molar-refractivity contribution in [3.05, 3.63) is 70.5 Å². The second-order valence-corrected chi connectivity index (χ2v) is 8.08. The Labute approximate surface area is 175 Å². The summed E-state index contributed by atoms with van der Waals surface area (Å²) in [7, 11) is 1.86. The fourth-order valence-electron chi connectivity index (χ4n) is 4.18. The largest absolute Gasteiger partial charge is 0.329 e. The van der Waals surface area contributed by atoms with Crippen LogP contribution in [0.15, 0.2) is 48.5 Å². The normalized spacial score (nSPS) is 15.8. The Bertz CT molecular complexity index is 1010. The number of amides is 1. The molecule has 0 spiro atoms. The zero-order valence-corrected chi connectivity index (χ0v) is 17.4. The molecule has 1 saturated carbocycles. The van der Waals surface area contributed by atoms with Crippen LogP contribution in [0.1, 0.15) is 53.8 Å². The standard InChI is InChI=1S/C22H24ClN5O/c1-16-11-12-18(15-19(16)23)28-21(24-25-26-28)22(13-7-4-8-14-22)27(2)20(29)17-9-5-3-6-10-17/h3,5-6,9-12,15H,4,7-8,13-14H2,1-2H3. The predicted molar refractivity (Wildman–Crippen MR) is 112 cm³/mol. The van der Waals surface area contributed by atoms with Crippen LogP contribution in [0.2, 0.25) is 5.02 Å². The number of benzene rings is 2. The van der Waals surface area contributed by atoms with Crippen molar-refractivity contribution >= 4 is 17.5 Å². The lowest BCUT2D eigenvalue weighted by molar-refractivity contribution is 0.0386. The Morgan fingerprint density at radius 3 is 2.52 bits per heavy atom. The van der Waals surface area contributed by atoms with Gasteiger partial charge in [0.05, 0.1) is 5.69 Å². The molecule has 6 nitrogen and oxygen atoms in total. The lowest BCUT2D eigenvalue weighted by Crippen LogP contribution is -2.50. The van der Waals surface area contributed by atoms with Gasteiger partial charge in [-0.15, -0.1) is 5.10 Å². The lowest BCUT2D eigenvalue weighted by atomic mass is 9.79. The van der Waals surface area contributed by atoms with Crippen molar-refractivity contribution in [1.82, 2.24) is 25.1 Å². The van der Waals surface area contributed by atoms with Gasteiger partial charge in [0.25, 0.3) is 5.91 Å². The van der Waals surface area contributed by atoms with E-state index in [0.717, 1.165) is 43.4 Å². The van der Waals surface area contributed by atoms with Gasteiger partial charge in [-0.1, -0.05) is 55.1 Å². The van der Waals surface area contributed by atoms with Crippen LogP contribution >= 0.6 is 11.6 Å². The van der Waals surface area contributed by atoms with Gasteiger partial charge in [-0.05, 0) is 60.0 Å². The van der Waals surface area contributed by atoms with Gasteiger partial charge in [0.1, 0.15) is 5.54 Å². The van der Waals surface area contributed by atoms with Crippen molar-refractivity contribution in [3.63, 3.8) is 0 Å². The number of aromatic nitrogens is 4. The van der Waals surface area contributed by atoms with Crippen LogP contribution in [0.4, 0.5) is 0 Å². The first-order valence-corrected chi connectivity index (χ1v) is 10.3. The number of tetrazole rings is 1. The fourth-order valence-corrected chi connectivity index (χ4v) is 4.35. The number of halogens is 1. The molecule has 0 N–H and O–H groups in total. The Hall–Kier alpha value is -2.73. The third-order valence-electron chi connectivity index (χ3n) is 5.93. The SMILES string of the molecule is Cc1ccc(-n2nnnc2C2(N(C)C(=O)c3ccccc3)CCCCC2)cc1Cl. The summed E-state index contributed by atoms with van der Waals surface area (Å²) in [6.45, 7) is 1.96. The molecule has 2 aromatic carbocycles. The maximum atomic E-state index is 13.3. The molecule has 29 heavy (non-hydrogen) atoms. The third kappa shape index (κ3) is 3.53. The molecule has 1 aliphatic carbocycles. The summed E-state index contributed by atoms with van der Waals surface area (Å²) in [4.78, 5) is 15.2. The Morgan fingerprint density at radius 2 is 1.83 bits per heavy atom. The molecular formula is C22H24ClN5O. The minimum absolute atomic E-state index is 0.0241. The number of hydrogen-bond acceptors (Lipinski definition) is 4. The number of carbonyl (C=O) groups excluding carboxylic acids is 1. The van der Waals surface area contributed by atoms with E-state index in [1.165, 1.54) is 0 Å². The van der Waals surface area contributed by atoms with Gasteiger partial charge in [-0.3, -0.25) is 4.79 Å². The molecule has 0 saturated heterocycles. The van der Waals surface area contributed by atoms with E-state index < -0.39 is 5.54 Å². The van der Waals surface area contributed by atoms with Gasteiger partial charge in [-0.25, -0.2) is 0 Å². The molecule has 4 rings (SSSR count). The van der Waals surface area contributed by atoms with Crippen molar-refractivity contribution in [3.8, 4) is 5.69 Å². The number of hydrogen-bond donors (Lipinski definition) is 0. The van der Waals surface area contributed by atoms with E-state index in [1.807, 2.05) is 67.4 Å². The predicted octanol–water partition coefficient (Wildman–Crippen LogP) is 4.56. The average molecular weight is 410 g/mol. The zero-order chi connectivity index (χ0) is 20.4. The maximum Gasteiger partial charge on any atom is 0.254 e. The van der Waals surface area contributed by atoms with Gasteiger partial charge in [0, 0.05) is 17.6 Å². The van der Waals surface area contributed by atoms with Gasteiger partial charge < -0.3 is 4.90 Å². The van der Waals surface area contributed by atoms with E-state index >= 15 is 0 Å². The van der Waals surface area contributed by atoms with Crippen LogP contribution in [0, 0.1) is 6.92 Å². The van der Waals surface area contributed by atoms with E-state index in [4.69, 9.17) is 11.6 Å². The molecule has 1 heterocycles. The fraction of sp³-hybridized carbons (Fsp3) is 0.364. The highest BCUT2D eigenvalue weighted by Crippen LogP contribution is 2.42. The molecule has 7 heteroatoms. The molecule has 0 radical (unpaired) electrons. The van der Waals surface area contributed by atoms with Crippen LogP contribution in [0.5, 0.6) is 0 Å². The topological polar surface area (TPSA) is 63.9 Å². The molecule has 0 aliphatic heterocycles. The van der Waals surface area contributed by atoms with Gasteiger partial charge in [-0.2, -0.15) is 4.68 Å². The van der Waals surface area contributed by atoms with Crippen molar-refractivity contribution < 1.29 is 4.79 Å². The van der Waals surface area contributed by atoms with Crippen LogP contribution in [-0.2, 0) is 5.54 Å².